The van der Waals surface area contributed by atoms with Crippen LogP contribution in [0.3, 0.4) is 0 Å². The van der Waals surface area contributed by atoms with Crippen molar-refractivity contribution in [1.29, 1.82) is 0 Å². The minimum absolute atomic E-state index is 0.000149. The van der Waals surface area contributed by atoms with Gasteiger partial charge in [-0.1, -0.05) is 59.6 Å². The monoisotopic (exact) mass is 1310 g/mol. The van der Waals surface area contributed by atoms with Gasteiger partial charge in [0, 0.05) is 126 Å². The first-order valence-electron chi connectivity index (χ1n) is 34.6. The number of halogens is 2. The number of pyridine rings is 1. The van der Waals surface area contributed by atoms with E-state index in [1.807, 2.05) is 61.8 Å². The summed E-state index contributed by atoms with van der Waals surface area (Å²) >= 11 is 0. The van der Waals surface area contributed by atoms with Crippen LogP contribution in [0.1, 0.15) is 154 Å². The number of carbonyl (C=O) groups is 4. The van der Waals surface area contributed by atoms with E-state index in [2.05, 4.69) is 78.3 Å². The number of fused-ring (bicyclic) bond motifs is 4. The predicted octanol–water partition coefficient (Wildman–Crippen LogP) is 12.9. The van der Waals surface area contributed by atoms with Crippen LogP contribution in [0.2, 0.25) is 16.6 Å². The molecule has 94 heavy (non-hydrogen) atoms. The number of anilines is 3. The van der Waals surface area contributed by atoms with Gasteiger partial charge in [-0.25, -0.2) is 23.4 Å². The average Bonchev–Trinajstić information content (AvgIpc) is 1.11. The number of carbonyl (C=O) groups excluding carboxylic acids is 4. The lowest BCUT2D eigenvalue weighted by Gasteiger charge is -2.47. The van der Waals surface area contributed by atoms with Crippen molar-refractivity contribution >= 4 is 71.1 Å². The van der Waals surface area contributed by atoms with Crippen molar-refractivity contribution < 1.29 is 42.2 Å². The summed E-state index contributed by atoms with van der Waals surface area (Å²) in [7, 11) is -0.816. The number of methoxy groups -OCH3 is 1. The van der Waals surface area contributed by atoms with Gasteiger partial charge in [-0.3, -0.25) is 29.7 Å². The minimum Gasteiger partial charge on any atom is -0.468 e. The number of hydrogen-bond donors (Lipinski definition) is 2. The maximum atomic E-state index is 18.3. The highest BCUT2D eigenvalue weighted by atomic mass is 28.3. The van der Waals surface area contributed by atoms with E-state index in [0.717, 1.165) is 96.4 Å². The second kappa shape index (κ2) is 26.9. The lowest BCUT2D eigenvalue weighted by molar-refractivity contribution is -0.120. The van der Waals surface area contributed by atoms with Crippen molar-refractivity contribution in [2.45, 2.75) is 174 Å². The Morgan fingerprint density at radius 2 is 1.51 bits per heavy atom. The van der Waals surface area contributed by atoms with Gasteiger partial charge in [0.2, 0.25) is 11.9 Å². The van der Waals surface area contributed by atoms with E-state index < -0.39 is 31.3 Å². The molecule has 3 aromatic carbocycles. The van der Waals surface area contributed by atoms with Gasteiger partial charge in [-0.05, 0) is 161 Å². The number of hydrogen-bond acceptors (Lipinski definition) is 14. The molecule has 2 saturated carbocycles. The summed E-state index contributed by atoms with van der Waals surface area (Å²) in [4.78, 5) is 80.1. The molecule has 2 aromatic heterocycles. The zero-order valence-electron chi connectivity index (χ0n) is 57.2. The van der Waals surface area contributed by atoms with E-state index in [-0.39, 0.29) is 70.8 Å². The number of urea groups is 1. The highest BCUT2D eigenvalue weighted by molar-refractivity contribution is 6.90. The quantitative estimate of drug-likeness (QED) is 0.0510. The molecule has 7 heterocycles. The molecule has 2 aliphatic carbocycles. The molecule has 5 aromatic rings. The van der Waals surface area contributed by atoms with E-state index in [4.69, 9.17) is 29.2 Å². The Morgan fingerprint density at radius 1 is 0.830 bits per heavy atom. The number of imide groups is 1. The molecule has 18 nitrogen and oxygen atoms in total. The number of piperidine rings is 1. The minimum atomic E-state index is -2.35. The van der Waals surface area contributed by atoms with Gasteiger partial charge in [0.25, 0.3) is 5.91 Å². The molecule has 2 atom stereocenters. The standard InChI is InChI=1S/C73H97F2N11O7Si/c1-46(2)94(47(3)4,48(5)6)35-21-56-59(74)17-14-51-36-55(92-45-91-11)38-57(62(51)56)64-63(75)65-58(39-76-64)66(84-41-53-15-16-54(42-84)86(53)70(90)93-71(8,9)10)80-68(79-65)77-43-73(24-25-73)44-82-33-31-81(32-34-82)40-50-18-22-72(23-19-50)26-29-83(30-27-72)67(88)52-13-12-49(7)60(37-52)85-28-20-61(87)78-69(85)89/h12-14,17,36-39,46-48,50,53-54H,15-16,18-20,22-34,40-45H2,1-11H3,(H,77,79,80)(H,78,87,89). The number of benzene rings is 3. The van der Waals surface area contributed by atoms with Crippen molar-refractivity contribution in [3.8, 4) is 28.5 Å². The van der Waals surface area contributed by atoms with Gasteiger partial charge in [-0.2, -0.15) is 4.98 Å². The number of likely N-dealkylation sites (tertiary alicyclic amines) is 1. The fourth-order valence-corrected chi connectivity index (χ4v) is 22.0. The van der Waals surface area contributed by atoms with Crippen molar-refractivity contribution in [2.24, 2.45) is 16.7 Å². The van der Waals surface area contributed by atoms with E-state index in [1.54, 1.807) is 23.2 Å². The average molecular weight is 1310 g/mol. The highest BCUT2D eigenvalue weighted by Crippen LogP contribution is 2.49. The lowest BCUT2D eigenvalue weighted by Crippen LogP contribution is -2.57. The van der Waals surface area contributed by atoms with Gasteiger partial charge in [0.05, 0.1) is 23.0 Å². The van der Waals surface area contributed by atoms with Crippen molar-refractivity contribution in [1.82, 2.24) is 39.9 Å². The SMILES string of the molecule is COCOc1cc(-c2ncc3c(N4CC5CCC(C4)N5C(=O)OC(C)(C)C)nc(NCC4(CN5CCN(CC6CCC7(CC6)CCN(C(=O)c6ccc(C)c(N8CCC(=O)NC8=O)c6)CC7)CC5)CC4)nc3c2F)c2c(C#C[Si](C(C)C)(C(C)C)C(C)C)c(F)ccc2c1. The molecule has 7 aliphatic rings. The van der Waals surface area contributed by atoms with Gasteiger partial charge >= 0.3 is 12.1 Å². The van der Waals surface area contributed by atoms with Crippen LogP contribution in [-0.4, -0.2) is 177 Å². The molecule has 7 fully saturated rings. The van der Waals surface area contributed by atoms with Crippen LogP contribution in [0, 0.1) is 46.8 Å². The summed E-state index contributed by atoms with van der Waals surface area (Å²) in [5.41, 5.74) is 6.96. The smallest absolute Gasteiger partial charge is 0.410 e. The number of aryl methyl sites for hydroxylation is 1. The maximum Gasteiger partial charge on any atom is 0.410 e. The summed E-state index contributed by atoms with van der Waals surface area (Å²) < 4.78 is 52.3. The number of nitrogens with one attached hydrogen (secondary N) is 2. The third-order valence-electron chi connectivity index (χ3n) is 22.2. The second-order valence-electron chi connectivity index (χ2n) is 30.3. The number of piperazine rings is 2. The van der Waals surface area contributed by atoms with Crippen LogP contribution in [0.4, 0.5) is 35.8 Å². The fourth-order valence-electron chi connectivity index (χ4n) is 16.7. The lowest BCUT2D eigenvalue weighted by atomic mass is 9.65. The van der Waals surface area contributed by atoms with Crippen LogP contribution in [0.25, 0.3) is 32.9 Å². The molecule has 1 spiro atoms. The third kappa shape index (κ3) is 13.7. The topological polar surface area (TPSA) is 178 Å². The van der Waals surface area contributed by atoms with Crippen LogP contribution in [0.15, 0.2) is 48.7 Å². The molecule has 2 bridgehead atoms. The summed E-state index contributed by atoms with van der Waals surface area (Å²) in [6.45, 7) is 30.2. The molecular weight excluding hydrogens is 1210 g/mol. The van der Waals surface area contributed by atoms with E-state index in [9.17, 15) is 19.2 Å². The van der Waals surface area contributed by atoms with Crippen LogP contribution in [-0.2, 0) is 14.3 Å². The van der Waals surface area contributed by atoms with E-state index in [1.165, 1.54) is 38.9 Å². The molecule has 5 saturated heterocycles. The number of amides is 5. The normalized spacial score (nSPS) is 21.2. The maximum absolute atomic E-state index is 18.3. The fraction of sp³-hybridized carbons (Fsp3) is 0.603. The number of aromatic nitrogens is 3. The summed E-state index contributed by atoms with van der Waals surface area (Å²) in [6.07, 6.45) is 12.0. The zero-order valence-corrected chi connectivity index (χ0v) is 58.2. The molecule has 5 aliphatic heterocycles. The summed E-state index contributed by atoms with van der Waals surface area (Å²) in [6, 6.07) is 11.4. The second-order valence-corrected chi connectivity index (χ2v) is 35.9. The van der Waals surface area contributed by atoms with Crippen molar-refractivity contribution in [2.75, 3.05) is 108 Å². The Kier molecular flexibility index (Phi) is 19.2. The number of nitrogens with zero attached hydrogens (tertiary/aromatic N) is 9. The van der Waals surface area contributed by atoms with Crippen LogP contribution >= 0.6 is 0 Å². The first kappa shape index (κ1) is 67.0. The molecule has 2 unspecified atom stereocenters. The molecule has 21 heteroatoms. The van der Waals surface area contributed by atoms with E-state index >= 15 is 8.78 Å². The molecular formula is C73H97F2N11O7Si. The molecule has 12 rings (SSSR count). The van der Waals surface area contributed by atoms with Gasteiger partial charge in [-0.15, -0.1) is 5.54 Å². The number of rotatable bonds is 17. The van der Waals surface area contributed by atoms with Crippen molar-refractivity contribution in [3.63, 3.8) is 0 Å². The van der Waals surface area contributed by atoms with Crippen LogP contribution in [0.5, 0.6) is 5.75 Å². The summed E-state index contributed by atoms with van der Waals surface area (Å²) in [5.74, 6) is 3.84. The first-order valence-corrected chi connectivity index (χ1v) is 36.8. The Balaban J connectivity index is 0.737. The first-order chi connectivity index (χ1) is 44.9. The predicted molar refractivity (Wildman–Crippen MR) is 367 cm³/mol. The Hall–Kier alpha value is -6.99. The van der Waals surface area contributed by atoms with Crippen LogP contribution < -0.4 is 25.2 Å². The van der Waals surface area contributed by atoms with Gasteiger partial charge in [0.1, 0.15) is 42.3 Å². The Labute approximate surface area is 554 Å². The Morgan fingerprint density at radius 3 is 2.15 bits per heavy atom. The Bertz CT molecular complexity index is 3730. The highest BCUT2D eigenvalue weighted by Gasteiger charge is 2.48. The number of ether oxygens (including phenoxy) is 3. The molecule has 5 amide bonds. The third-order valence-corrected chi connectivity index (χ3v) is 28.4. The largest absolute Gasteiger partial charge is 0.468 e. The van der Waals surface area contributed by atoms with Gasteiger partial charge < -0.3 is 39.1 Å². The van der Waals surface area contributed by atoms with E-state index in [0.29, 0.717) is 99.2 Å². The van der Waals surface area contributed by atoms with Gasteiger partial charge in [0.15, 0.2) is 12.6 Å². The summed E-state index contributed by atoms with van der Waals surface area (Å²) in [5, 5.41) is 7.54. The molecule has 2 N–H and O–H groups in total. The zero-order chi connectivity index (χ0) is 66.6. The molecule has 504 valence electrons. The van der Waals surface area contributed by atoms with Crippen molar-refractivity contribution in [3.05, 3.63) is 77.0 Å². The molecule has 0 radical (unpaired) electrons.